The number of piperidine rings is 1. The molecule has 3 nitrogen and oxygen atoms in total. The molecule has 0 N–H and O–H groups in total. The molecular formula is C16H20INO2. The van der Waals surface area contributed by atoms with Crippen molar-refractivity contribution in [3.05, 3.63) is 33.4 Å². The van der Waals surface area contributed by atoms with Crippen LogP contribution in [-0.4, -0.2) is 37.1 Å². The summed E-state index contributed by atoms with van der Waals surface area (Å²) in [5.41, 5.74) is 1.28. The summed E-state index contributed by atoms with van der Waals surface area (Å²) in [7, 11) is 3.66. The van der Waals surface area contributed by atoms with E-state index in [2.05, 4.69) is 58.8 Å². The van der Waals surface area contributed by atoms with Crippen LogP contribution in [0.1, 0.15) is 30.7 Å². The Balaban J connectivity index is 1.95. The minimum Gasteiger partial charge on any atom is -0.469 e. The van der Waals surface area contributed by atoms with Crippen molar-refractivity contribution >= 4 is 28.6 Å². The van der Waals surface area contributed by atoms with Gasteiger partial charge in [-0.15, -0.1) is 0 Å². The average Bonchev–Trinajstić information content (AvgIpc) is 2.70. The van der Waals surface area contributed by atoms with Crippen molar-refractivity contribution in [2.24, 2.45) is 5.92 Å². The molecule has 2 heterocycles. The van der Waals surface area contributed by atoms with Crippen LogP contribution in [0.4, 0.5) is 0 Å². The third-order valence-corrected chi connectivity index (χ3v) is 5.76. The first kappa shape index (κ1) is 14.3. The lowest BCUT2D eigenvalue weighted by atomic mass is 9.76. The van der Waals surface area contributed by atoms with Gasteiger partial charge in [0.15, 0.2) is 0 Å². The van der Waals surface area contributed by atoms with Gasteiger partial charge >= 0.3 is 5.97 Å². The van der Waals surface area contributed by atoms with Crippen molar-refractivity contribution in [3.63, 3.8) is 0 Å². The first-order valence-electron chi connectivity index (χ1n) is 7.17. The minimum atomic E-state index is -0.0502. The topological polar surface area (TPSA) is 29.5 Å². The van der Waals surface area contributed by atoms with E-state index in [1.54, 1.807) is 0 Å². The van der Waals surface area contributed by atoms with Crippen LogP contribution in [0.2, 0.25) is 0 Å². The van der Waals surface area contributed by atoms with E-state index >= 15 is 0 Å². The van der Waals surface area contributed by atoms with Crippen LogP contribution in [0.3, 0.4) is 0 Å². The molecule has 0 aliphatic carbocycles. The first-order valence-corrected chi connectivity index (χ1v) is 8.25. The standard InChI is InChI=1S/C16H20INO2/c1-18-12-7-8-14(18)15(16(19)20-2)13(9-12)10-3-5-11(17)6-4-10/h3-6,12-15H,7-9H2,1-2H3/t12-,13?,14+,15-/m0/s1/i17-4. The van der Waals surface area contributed by atoms with Crippen LogP contribution in [0.25, 0.3) is 0 Å². The van der Waals surface area contributed by atoms with Gasteiger partial charge < -0.3 is 4.74 Å². The highest BCUT2D eigenvalue weighted by Gasteiger charge is 2.49. The van der Waals surface area contributed by atoms with E-state index in [9.17, 15) is 4.79 Å². The number of esters is 1. The molecular weight excluding hydrogens is 361 g/mol. The maximum absolute atomic E-state index is 12.3. The first-order chi connectivity index (χ1) is 9.61. The SMILES string of the molecule is COC(=O)[C@H]1C(c2ccc([123I])cc2)C[C@@H]2CC[C@H]1N2C. The zero-order valence-corrected chi connectivity index (χ0v) is 14.0. The van der Waals surface area contributed by atoms with Gasteiger partial charge in [-0.05, 0) is 66.6 Å². The Kier molecular flexibility index (Phi) is 4.04. The number of fused-ring (bicyclic) bond motifs is 2. The van der Waals surface area contributed by atoms with Gasteiger partial charge in [0, 0.05) is 21.6 Å². The normalized spacial score (nSPS) is 33.1. The van der Waals surface area contributed by atoms with E-state index in [-0.39, 0.29) is 11.9 Å². The van der Waals surface area contributed by atoms with Gasteiger partial charge in [0.1, 0.15) is 0 Å². The number of benzene rings is 1. The van der Waals surface area contributed by atoms with Crippen LogP contribution < -0.4 is 0 Å². The van der Waals surface area contributed by atoms with Crippen molar-refractivity contribution < 1.29 is 9.53 Å². The molecule has 1 aromatic rings. The summed E-state index contributed by atoms with van der Waals surface area (Å²) in [5, 5.41) is 0. The Morgan fingerprint density at radius 3 is 2.65 bits per heavy atom. The fourth-order valence-electron chi connectivity index (χ4n) is 3.98. The summed E-state index contributed by atoms with van der Waals surface area (Å²) in [6.45, 7) is 0. The highest BCUT2D eigenvalue weighted by atomic mass is 123. The smallest absolute Gasteiger partial charge is 0.310 e. The quantitative estimate of drug-likeness (QED) is 0.583. The van der Waals surface area contributed by atoms with Gasteiger partial charge in [0.05, 0.1) is 13.0 Å². The number of methoxy groups -OCH3 is 1. The lowest BCUT2D eigenvalue weighted by Crippen LogP contribution is -2.49. The highest BCUT2D eigenvalue weighted by molar-refractivity contribution is 14.1. The van der Waals surface area contributed by atoms with E-state index in [4.69, 9.17) is 4.74 Å². The van der Waals surface area contributed by atoms with Gasteiger partial charge in [-0.25, -0.2) is 0 Å². The molecule has 4 heteroatoms. The van der Waals surface area contributed by atoms with E-state index in [0.29, 0.717) is 18.0 Å². The van der Waals surface area contributed by atoms with Crippen molar-refractivity contribution in [2.45, 2.75) is 37.3 Å². The van der Waals surface area contributed by atoms with Gasteiger partial charge in [-0.3, -0.25) is 9.69 Å². The maximum Gasteiger partial charge on any atom is 0.310 e. The number of ether oxygens (including phenoxy) is 1. The summed E-state index contributed by atoms with van der Waals surface area (Å²) in [5.74, 6) is 0.225. The third-order valence-electron chi connectivity index (χ3n) is 5.04. The Morgan fingerprint density at radius 2 is 2.00 bits per heavy atom. The van der Waals surface area contributed by atoms with Crippen LogP contribution in [-0.2, 0) is 9.53 Å². The molecule has 2 aliphatic heterocycles. The molecule has 20 heavy (non-hydrogen) atoms. The number of halogens is 1. The van der Waals surface area contributed by atoms with E-state index < -0.39 is 0 Å². The zero-order valence-electron chi connectivity index (χ0n) is 11.9. The summed E-state index contributed by atoms with van der Waals surface area (Å²) in [6, 6.07) is 9.56. The Labute approximate surface area is 133 Å². The largest absolute Gasteiger partial charge is 0.469 e. The number of rotatable bonds is 2. The second kappa shape index (κ2) is 5.64. The van der Waals surface area contributed by atoms with Crippen molar-refractivity contribution in [3.8, 4) is 0 Å². The van der Waals surface area contributed by atoms with Crippen molar-refractivity contribution in [2.75, 3.05) is 14.2 Å². The molecule has 2 saturated heterocycles. The Morgan fingerprint density at radius 1 is 1.30 bits per heavy atom. The van der Waals surface area contributed by atoms with Crippen LogP contribution in [0, 0.1) is 9.49 Å². The lowest BCUT2D eigenvalue weighted by molar-refractivity contribution is -0.150. The zero-order chi connectivity index (χ0) is 14.3. The Bertz CT molecular complexity index is 502. The molecule has 4 atom stereocenters. The van der Waals surface area contributed by atoms with E-state index in [1.165, 1.54) is 22.7 Å². The van der Waals surface area contributed by atoms with Crippen molar-refractivity contribution in [1.82, 2.24) is 4.90 Å². The predicted octanol–water partition coefficient (Wildman–Crippen LogP) is 3.03. The fourth-order valence-corrected chi connectivity index (χ4v) is 4.34. The molecule has 0 amide bonds. The second-order valence-electron chi connectivity index (χ2n) is 5.91. The predicted molar refractivity (Wildman–Crippen MR) is 86.6 cm³/mol. The summed E-state index contributed by atoms with van der Waals surface area (Å²) < 4.78 is 6.33. The van der Waals surface area contributed by atoms with E-state index in [0.717, 1.165) is 12.8 Å². The number of nitrogens with zero attached hydrogens (tertiary/aromatic N) is 1. The molecule has 0 spiro atoms. The molecule has 2 fully saturated rings. The molecule has 0 radical (unpaired) electrons. The molecule has 108 valence electrons. The van der Waals surface area contributed by atoms with Crippen molar-refractivity contribution in [1.29, 1.82) is 0 Å². The molecule has 0 aromatic heterocycles. The summed E-state index contributed by atoms with van der Waals surface area (Å²) in [4.78, 5) is 14.7. The summed E-state index contributed by atoms with van der Waals surface area (Å²) in [6.07, 6.45) is 3.38. The van der Waals surface area contributed by atoms with Crippen LogP contribution >= 0.6 is 22.6 Å². The second-order valence-corrected chi connectivity index (χ2v) is 7.15. The lowest BCUT2D eigenvalue weighted by Gasteiger charge is -2.41. The molecule has 2 aliphatic rings. The summed E-state index contributed by atoms with van der Waals surface area (Å²) >= 11 is 2.32. The van der Waals surface area contributed by atoms with Crippen LogP contribution in [0.15, 0.2) is 24.3 Å². The van der Waals surface area contributed by atoms with Gasteiger partial charge in [0.25, 0.3) is 0 Å². The van der Waals surface area contributed by atoms with Gasteiger partial charge in [-0.2, -0.15) is 0 Å². The monoisotopic (exact) mass is 381 g/mol. The molecule has 3 rings (SSSR count). The highest BCUT2D eigenvalue weighted by Crippen LogP contribution is 2.46. The minimum absolute atomic E-state index is 0.0242. The molecule has 1 aromatic carbocycles. The van der Waals surface area contributed by atoms with Crippen LogP contribution in [0.5, 0.6) is 0 Å². The van der Waals surface area contributed by atoms with E-state index in [1.807, 2.05) is 0 Å². The molecule has 0 saturated carbocycles. The third kappa shape index (κ3) is 2.37. The average molecular weight is 381 g/mol. The fraction of sp³-hybridized carbons (Fsp3) is 0.562. The number of hydrogen-bond donors (Lipinski definition) is 0. The van der Waals surface area contributed by atoms with Gasteiger partial charge in [0.2, 0.25) is 0 Å². The number of hydrogen-bond acceptors (Lipinski definition) is 3. The maximum atomic E-state index is 12.3. The molecule has 1 unspecified atom stereocenters. The van der Waals surface area contributed by atoms with Gasteiger partial charge in [-0.1, -0.05) is 12.1 Å². The Hall–Kier alpha value is -0.620. The number of carbonyl (C=O) groups excluding carboxylic acids is 1. The number of carbonyl (C=O) groups is 1. The molecule has 2 bridgehead atoms.